The molecule has 0 aromatic rings. The molecule has 1 rings (SSSR count). The van der Waals surface area contributed by atoms with E-state index in [2.05, 4.69) is 15.5 Å². The van der Waals surface area contributed by atoms with Gasteiger partial charge in [0, 0.05) is 6.54 Å². The minimum absolute atomic E-state index is 0.0199. The maximum Gasteiger partial charge on any atom is 0.316 e. The lowest BCUT2D eigenvalue weighted by molar-refractivity contribution is 0.212. The van der Waals surface area contributed by atoms with Gasteiger partial charge in [0.2, 0.25) is 0 Å². The first-order valence-electron chi connectivity index (χ1n) is 4.59. The van der Waals surface area contributed by atoms with E-state index in [1.165, 1.54) is 0 Å². The standard InChI is InChI=1S/C8H17N3O2/c1-11-5-2-3-7(11)10-8(13)9-4-6-12/h7,12H,2-6H2,1H3,(H2,9,10,13). The fraction of sp³-hybridized carbons (Fsp3) is 0.875. The average molecular weight is 187 g/mol. The van der Waals surface area contributed by atoms with Crippen molar-refractivity contribution < 1.29 is 9.90 Å². The number of hydrogen-bond donors (Lipinski definition) is 3. The van der Waals surface area contributed by atoms with Gasteiger partial charge in [-0.3, -0.25) is 4.90 Å². The molecule has 0 saturated carbocycles. The number of carbonyl (C=O) groups excluding carboxylic acids is 1. The number of aliphatic hydroxyl groups is 1. The second-order valence-corrected chi connectivity index (χ2v) is 3.26. The van der Waals surface area contributed by atoms with Gasteiger partial charge in [-0.15, -0.1) is 0 Å². The van der Waals surface area contributed by atoms with E-state index in [0.717, 1.165) is 19.4 Å². The van der Waals surface area contributed by atoms with E-state index in [9.17, 15) is 4.79 Å². The molecule has 76 valence electrons. The number of urea groups is 1. The van der Waals surface area contributed by atoms with E-state index < -0.39 is 0 Å². The minimum atomic E-state index is -0.201. The zero-order valence-electron chi connectivity index (χ0n) is 7.92. The van der Waals surface area contributed by atoms with Crippen LogP contribution in [0.5, 0.6) is 0 Å². The smallest absolute Gasteiger partial charge is 0.316 e. The van der Waals surface area contributed by atoms with E-state index >= 15 is 0 Å². The molecule has 5 nitrogen and oxygen atoms in total. The highest BCUT2D eigenvalue weighted by Crippen LogP contribution is 2.11. The van der Waals surface area contributed by atoms with Crippen molar-refractivity contribution in [1.82, 2.24) is 15.5 Å². The van der Waals surface area contributed by atoms with Crippen LogP contribution in [0, 0.1) is 0 Å². The molecule has 1 saturated heterocycles. The van der Waals surface area contributed by atoms with Crippen LogP contribution < -0.4 is 10.6 Å². The van der Waals surface area contributed by atoms with Crippen molar-refractivity contribution in [1.29, 1.82) is 0 Å². The van der Waals surface area contributed by atoms with E-state index in [1.807, 2.05) is 7.05 Å². The van der Waals surface area contributed by atoms with Crippen LogP contribution in [0.2, 0.25) is 0 Å². The van der Waals surface area contributed by atoms with E-state index in [-0.39, 0.29) is 18.8 Å². The molecule has 0 aromatic carbocycles. The number of nitrogens with zero attached hydrogens (tertiary/aromatic N) is 1. The van der Waals surface area contributed by atoms with Crippen molar-refractivity contribution in [3.05, 3.63) is 0 Å². The summed E-state index contributed by atoms with van der Waals surface area (Å²) in [6.07, 6.45) is 2.28. The topological polar surface area (TPSA) is 64.6 Å². The first-order valence-corrected chi connectivity index (χ1v) is 4.59. The minimum Gasteiger partial charge on any atom is -0.395 e. The summed E-state index contributed by atoms with van der Waals surface area (Å²) in [7, 11) is 1.99. The van der Waals surface area contributed by atoms with Gasteiger partial charge in [0.1, 0.15) is 0 Å². The van der Waals surface area contributed by atoms with Gasteiger partial charge in [0.15, 0.2) is 0 Å². The van der Waals surface area contributed by atoms with Gasteiger partial charge in [-0.1, -0.05) is 0 Å². The van der Waals surface area contributed by atoms with Crippen molar-refractivity contribution >= 4 is 6.03 Å². The molecule has 13 heavy (non-hydrogen) atoms. The van der Waals surface area contributed by atoms with Crippen molar-refractivity contribution in [3.63, 3.8) is 0 Å². The summed E-state index contributed by atoms with van der Waals surface area (Å²) in [6.45, 7) is 1.32. The Bertz CT molecular complexity index is 175. The lowest BCUT2D eigenvalue weighted by atomic mass is 10.3. The zero-order valence-corrected chi connectivity index (χ0v) is 7.92. The molecule has 0 aliphatic carbocycles. The highest BCUT2D eigenvalue weighted by Gasteiger charge is 2.21. The first kappa shape index (κ1) is 10.3. The highest BCUT2D eigenvalue weighted by atomic mass is 16.3. The van der Waals surface area contributed by atoms with Gasteiger partial charge in [0.25, 0.3) is 0 Å². The van der Waals surface area contributed by atoms with Crippen molar-refractivity contribution in [2.75, 3.05) is 26.7 Å². The molecule has 2 amide bonds. The molecule has 3 N–H and O–H groups in total. The summed E-state index contributed by atoms with van der Waals surface area (Å²) < 4.78 is 0. The zero-order chi connectivity index (χ0) is 9.68. The molecule has 1 aliphatic rings. The Morgan fingerprint density at radius 2 is 2.46 bits per heavy atom. The number of nitrogens with one attached hydrogen (secondary N) is 2. The van der Waals surface area contributed by atoms with Gasteiger partial charge in [-0.2, -0.15) is 0 Å². The summed E-state index contributed by atoms with van der Waals surface area (Å²) >= 11 is 0. The Morgan fingerprint density at radius 3 is 3.00 bits per heavy atom. The van der Waals surface area contributed by atoms with Gasteiger partial charge >= 0.3 is 6.03 Å². The average Bonchev–Trinajstić information content (AvgIpc) is 2.48. The number of aliphatic hydroxyl groups excluding tert-OH is 1. The number of hydrogen-bond acceptors (Lipinski definition) is 3. The Morgan fingerprint density at radius 1 is 1.69 bits per heavy atom. The number of carbonyl (C=O) groups is 1. The van der Waals surface area contributed by atoms with Crippen molar-refractivity contribution in [2.45, 2.75) is 19.0 Å². The maximum atomic E-state index is 11.1. The van der Waals surface area contributed by atoms with Crippen LogP contribution in [0.25, 0.3) is 0 Å². The Hall–Kier alpha value is -0.810. The van der Waals surface area contributed by atoms with Gasteiger partial charge in [-0.05, 0) is 26.4 Å². The molecule has 0 bridgehead atoms. The Balaban J connectivity index is 2.19. The SMILES string of the molecule is CN1CCCC1NC(=O)NCCO. The Kier molecular flexibility index (Phi) is 3.98. The van der Waals surface area contributed by atoms with E-state index in [0.29, 0.717) is 6.54 Å². The largest absolute Gasteiger partial charge is 0.395 e. The second kappa shape index (κ2) is 5.04. The molecule has 0 spiro atoms. The van der Waals surface area contributed by atoms with E-state index in [4.69, 9.17) is 5.11 Å². The molecule has 1 heterocycles. The summed E-state index contributed by atoms with van der Waals surface area (Å²) in [5.41, 5.74) is 0. The summed E-state index contributed by atoms with van der Waals surface area (Å²) in [5.74, 6) is 0. The molecule has 1 unspecified atom stereocenters. The predicted molar refractivity (Wildman–Crippen MR) is 49.3 cm³/mol. The third-order valence-corrected chi connectivity index (χ3v) is 2.22. The van der Waals surface area contributed by atoms with Crippen LogP contribution in [0.3, 0.4) is 0 Å². The molecular weight excluding hydrogens is 170 g/mol. The second-order valence-electron chi connectivity index (χ2n) is 3.26. The third-order valence-electron chi connectivity index (χ3n) is 2.22. The quantitative estimate of drug-likeness (QED) is 0.549. The van der Waals surface area contributed by atoms with Crippen LogP contribution >= 0.6 is 0 Å². The third kappa shape index (κ3) is 3.20. The summed E-state index contributed by atoms with van der Waals surface area (Å²) in [5, 5.41) is 13.9. The summed E-state index contributed by atoms with van der Waals surface area (Å²) in [4.78, 5) is 13.3. The lowest BCUT2D eigenvalue weighted by Crippen LogP contribution is -2.47. The van der Waals surface area contributed by atoms with Gasteiger partial charge in [-0.25, -0.2) is 4.79 Å². The maximum absolute atomic E-state index is 11.1. The van der Waals surface area contributed by atoms with Crippen molar-refractivity contribution in [3.8, 4) is 0 Å². The summed E-state index contributed by atoms with van der Waals surface area (Å²) in [6, 6.07) is -0.201. The first-order chi connectivity index (χ1) is 6.24. The van der Waals surface area contributed by atoms with E-state index in [1.54, 1.807) is 0 Å². The van der Waals surface area contributed by atoms with Crippen LogP contribution in [-0.4, -0.2) is 48.9 Å². The Labute approximate surface area is 78.1 Å². The normalized spacial score (nSPS) is 23.1. The number of amides is 2. The van der Waals surface area contributed by atoms with Gasteiger partial charge in [0.05, 0.1) is 12.8 Å². The van der Waals surface area contributed by atoms with Crippen LogP contribution in [0.4, 0.5) is 4.79 Å². The number of likely N-dealkylation sites (tertiary alicyclic amines) is 1. The predicted octanol–water partition coefficient (Wildman–Crippen LogP) is -0.670. The highest BCUT2D eigenvalue weighted by molar-refractivity contribution is 5.74. The van der Waals surface area contributed by atoms with Crippen molar-refractivity contribution in [2.24, 2.45) is 0 Å². The fourth-order valence-corrected chi connectivity index (χ4v) is 1.46. The monoisotopic (exact) mass is 187 g/mol. The molecule has 0 aromatic heterocycles. The molecular formula is C8H17N3O2. The molecule has 0 radical (unpaired) electrons. The molecule has 5 heteroatoms. The lowest BCUT2D eigenvalue weighted by Gasteiger charge is -2.20. The molecule has 1 aliphatic heterocycles. The fourth-order valence-electron chi connectivity index (χ4n) is 1.46. The molecule has 1 fully saturated rings. The van der Waals surface area contributed by atoms with Crippen LogP contribution in [-0.2, 0) is 0 Å². The van der Waals surface area contributed by atoms with Crippen LogP contribution in [0.1, 0.15) is 12.8 Å². The molecule has 1 atom stereocenters. The number of rotatable bonds is 3. The van der Waals surface area contributed by atoms with Gasteiger partial charge < -0.3 is 15.7 Å². The van der Waals surface area contributed by atoms with Crippen LogP contribution in [0.15, 0.2) is 0 Å².